The number of aryl methyl sites for hydroxylation is 1. The first kappa shape index (κ1) is 17.4. The van der Waals surface area contributed by atoms with Gasteiger partial charge < -0.3 is 15.5 Å². The Labute approximate surface area is 151 Å². The predicted octanol–water partition coefficient (Wildman–Crippen LogP) is 3.99. The van der Waals surface area contributed by atoms with E-state index in [1.54, 1.807) is 11.3 Å². The van der Waals surface area contributed by atoms with Crippen molar-refractivity contribution in [1.82, 2.24) is 15.2 Å². The van der Waals surface area contributed by atoms with Gasteiger partial charge in [-0.05, 0) is 50.3 Å². The van der Waals surface area contributed by atoms with E-state index in [0.29, 0.717) is 6.54 Å². The number of nitrogens with one attached hydrogen (secondary N) is 2. The molecule has 2 amide bonds. The van der Waals surface area contributed by atoms with Crippen molar-refractivity contribution in [1.29, 1.82) is 0 Å². The van der Waals surface area contributed by atoms with Gasteiger partial charge in [0.2, 0.25) is 0 Å². The Hall–Kier alpha value is -2.44. The number of nitrogens with zero attached hydrogens (tertiary/aromatic N) is 2. The van der Waals surface area contributed by atoms with Crippen LogP contribution in [0.25, 0.3) is 10.2 Å². The van der Waals surface area contributed by atoms with Crippen LogP contribution < -0.4 is 10.6 Å². The molecule has 0 radical (unpaired) electrons. The molecule has 0 bridgehead atoms. The highest BCUT2D eigenvalue weighted by Gasteiger charge is 2.07. The van der Waals surface area contributed by atoms with Crippen molar-refractivity contribution < 1.29 is 4.79 Å². The summed E-state index contributed by atoms with van der Waals surface area (Å²) in [6, 6.07) is 13.7. The quantitative estimate of drug-likeness (QED) is 0.728. The fourth-order valence-corrected chi connectivity index (χ4v) is 3.56. The highest BCUT2D eigenvalue weighted by molar-refractivity contribution is 7.18. The average Bonchev–Trinajstić information content (AvgIpc) is 2.93. The van der Waals surface area contributed by atoms with Gasteiger partial charge in [0, 0.05) is 18.8 Å². The maximum absolute atomic E-state index is 12.2. The lowest BCUT2D eigenvalue weighted by atomic mass is 10.1. The molecule has 130 valence electrons. The van der Waals surface area contributed by atoms with Crippen molar-refractivity contribution in [3.05, 3.63) is 58.6 Å². The number of thiazole rings is 1. The Morgan fingerprint density at radius 3 is 2.68 bits per heavy atom. The van der Waals surface area contributed by atoms with Crippen molar-refractivity contribution in [3.63, 3.8) is 0 Å². The zero-order valence-corrected chi connectivity index (χ0v) is 15.5. The van der Waals surface area contributed by atoms with Gasteiger partial charge in [-0.1, -0.05) is 24.3 Å². The molecule has 5 nitrogen and oxygen atoms in total. The van der Waals surface area contributed by atoms with Crippen LogP contribution in [0.3, 0.4) is 0 Å². The van der Waals surface area contributed by atoms with Gasteiger partial charge in [-0.2, -0.15) is 0 Å². The smallest absolute Gasteiger partial charge is 0.319 e. The Bertz CT molecular complexity index is 888. The molecule has 6 heteroatoms. The molecule has 2 N–H and O–H groups in total. The van der Waals surface area contributed by atoms with Gasteiger partial charge in [-0.15, -0.1) is 11.3 Å². The lowest BCUT2D eigenvalue weighted by molar-refractivity contribution is 0.251. The number of hydrogen-bond donors (Lipinski definition) is 2. The Kier molecular flexibility index (Phi) is 5.31. The van der Waals surface area contributed by atoms with Gasteiger partial charge in [0.25, 0.3) is 0 Å². The summed E-state index contributed by atoms with van der Waals surface area (Å²) < 4.78 is 1.08. The SMILES string of the molecule is Cc1nc2ccc(NC(=O)NCc3ccccc3CN(C)C)cc2s1. The molecule has 0 atom stereocenters. The number of rotatable bonds is 5. The molecule has 0 aliphatic rings. The third-order valence-electron chi connectivity index (χ3n) is 3.80. The van der Waals surface area contributed by atoms with Gasteiger partial charge >= 0.3 is 6.03 Å². The molecule has 3 aromatic rings. The van der Waals surface area contributed by atoms with E-state index in [4.69, 9.17) is 0 Å². The predicted molar refractivity (Wildman–Crippen MR) is 104 cm³/mol. The number of hydrogen-bond acceptors (Lipinski definition) is 4. The molecule has 1 heterocycles. The summed E-state index contributed by atoms with van der Waals surface area (Å²) in [4.78, 5) is 18.8. The number of urea groups is 1. The van der Waals surface area contributed by atoms with Crippen LogP contribution in [0.1, 0.15) is 16.1 Å². The van der Waals surface area contributed by atoms with Crippen LogP contribution in [0.4, 0.5) is 10.5 Å². The molecule has 0 saturated heterocycles. The third kappa shape index (κ3) is 4.55. The van der Waals surface area contributed by atoms with Crippen LogP contribution in [0, 0.1) is 6.92 Å². The molecule has 0 aliphatic heterocycles. The molecule has 0 aliphatic carbocycles. The average molecular weight is 354 g/mol. The molecule has 2 aromatic carbocycles. The molecule has 0 saturated carbocycles. The van der Waals surface area contributed by atoms with Gasteiger partial charge in [-0.3, -0.25) is 0 Å². The number of carbonyl (C=O) groups excluding carboxylic acids is 1. The minimum absolute atomic E-state index is 0.208. The first-order chi connectivity index (χ1) is 12.0. The molecular formula is C19H22N4OS. The highest BCUT2D eigenvalue weighted by atomic mass is 32.1. The van der Waals surface area contributed by atoms with Crippen LogP contribution in [0.15, 0.2) is 42.5 Å². The van der Waals surface area contributed by atoms with E-state index in [-0.39, 0.29) is 6.03 Å². The van der Waals surface area contributed by atoms with Crippen molar-refractivity contribution >= 4 is 33.3 Å². The first-order valence-electron chi connectivity index (χ1n) is 8.15. The van der Waals surface area contributed by atoms with Gasteiger partial charge in [-0.25, -0.2) is 9.78 Å². The van der Waals surface area contributed by atoms with E-state index in [1.807, 2.05) is 57.4 Å². The van der Waals surface area contributed by atoms with E-state index < -0.39 is 0 Å². The van der Waals surface area contributed by atoms with Crippen molar-refractivity contribution in [2.75, 3.05) is 19.4 Å². The van der Waals surface area contributed by atoms with E-state index in [9.17, 15) is 4.79 Å². The summed E-state index contributed by atoms with van der Waals surface area (Å²) >= 11 is 1.62. The fraction of sp³-hybridized carbons (Fsp3) is 0.263. The van der Waals surface area contributed by atoms with Crippen molar-refractivity contribution in [2.45, 2.75) is 20.0 Å². The van der Waals surface area contributed by atoms with Crippen LogP contribution in [-0.4, -0.2) is 30.0 Å². The van der Waals surface area contributed by atoms with E-state index in [1.165, 1.54) is 5.56 Å². The topological polar surface area (TPSA) is 57.3 Å². The molecule has 1 aromatic heterocycles. The van der Waals surface area contributed by atoms with E-state index in [2.05, 4.69) is 26.6 Å². The number of aromatic nitrogens is 1. The second kappa shape index (κ2) is 7.63. The standard InChI is InChI=1S/C19H22N4OS/c1-13-21-17-9-8-16(10-18(17)25-13)22-19(24)20-11-14-6-4-5-7-15(14)12-23(2)3/h4-10H,11-12H2,1-3H3,(H2,20,22,24). The number of fused-ring (bicyclic) bond motifs is 1. The van der Waals surface area contributed by atoms with E-state index in [0.717, 1.165) is 33.0 Å². The van der Waals surface area contributed by atoms with Crippen molar-refractivity contribution in [2.24, 2.45) is 0 Å². The Morgan fingerprint density at radius 1 is 1.16 bits per heavy atom. The lowest BCUT2D eigenvalue weighted by Crippen LogP contribution is -2.28. The zero-order chi connectivity index (χ0) is 17.8. The number of benzene rings is 2. The maximum Gasteiger partial charge on any atom is 0.319 e. The largest absolute Gasteiger partial charge is 0.334 e. The van der Waals surface area contributed by atoms with Crippen LogP contribution >= 0.6 is 11.3 Å². The highest BCUT2D eigenvalue weighted by Crippen LogP contribution is 2.24. The van der Waals surface area contributed by atoms with Crippen LogP contribution in [0.5, 0.6) is 0 Å². The number of anilines is 1. The molecule has 3 rings (SSSR count). The Balaban J connectivity index is 1.62. The number of amides is 2. The second-order valence-electron chi connectivity index (χ2n) is 6.23. The number of carbonyl (C=O) groups is 1. The third-order valence-corrected chi connectivity index (χ3v) is 4.73. The molecule has 0 fully saturated rings. The van der Waals surface area contributed by atoms with Crippen molar-refractivity contribution in [3.8, 4) is 0 Å². The van der Waals surface area contributed by atoms with Crippen LogP contribution in [-0.2, 0) is 13.1 Å². The summed E-state index contributed by atoms with van der Waals surface area (Å²) in [5.41, 5.74) is 4.08. The molecule has 25 heavy (non-hydrogen) atoms. The summed E-state index contributed by atoms with van der Waals surface area (Å²) in [6.45, 7) is 3.33. The van der Waals surface area contributed by atoms with Crippen LogP contribution in [0.2, 0.25) is 0 Å². The molecular weight excluding hydrogens is 332 g/mol. The molecule has 0 unspecified atom stereocenters. The monoisotopic (exact) mass is 354 g/mol. The summed E-state index contributed by atoms with van der Waals surface area (Å²) in [5.74, 6) is 0. The van der Waals surface area contributed by atoms with Gasteiger partial charge in [0.05, 0.1) is 15.2 Å². The lowest BCUT2D eigenvalue weighted by Gasteiger charge is -2.15. The maximum atomic E-state index is 12.2. The summed E-state index contributed by atoms with van der Waals surface area (Å²) in [6.07, 6.45) is 0. The summed E-state index contributed by atoms with van der Waals surface area (Å²) in [7, 11) is 4.07. The second-order valence-corrected chi connectivity index (χ2v) is 7.46. The molecule has 0 spiro atoms. The van der Waals surface area contributed by atoms with Gasteiger partial charge in [0.1, 0.15) is 0 Å². The first-order valence-corrected chi connectivity index (χ1v) is 8.96. The van der Waals surface area contributed by atoms with E-state index >= 15 is 0 Å². The minimum atomic E-state index is -0.208. The van der Waals surface area contributed by atoms with Gasteiger partial charge in [0.15, 0.2) is 0 Å². The zero-order valence-electron chi connectivity index (χ0n) is 14.7. The minimum Gasteiger partial charge on any atom is -0.334 e. The Morgan fingerprint density at radius 2 is 1.92 bits per heavy atom. The fourth-order valence-electron chi connectivity index (χ4n) is 2.69. The summed E-state index contributed by atoms with van der Waals surface area (Å²) in [5, 5.41) is 6.85. The normalized spacial score (nSPS) is 11.0.